The normalized spacial score (nSPS) is 10.2. The van der Waals surface area contributed by atoms with Crippen LogP contribution < -0.4 is 5.32 Å². The second kappa shape index (κ2) is 6.26. The summed E-state index contributed by atoms with van der Waals surface area (Å²) in [6.07, 6.45) is 2.49. The second-order valence-corrected chi connectivity index (χ2v) is 3.96. The third-order valence-corrected chi connectivity index (χ3v) is 2.47. The molecule has 0 bridgehead atoms. The van der Waals surface area contributed by atoms with E-state index in [1.54, 1.807) is 19.1 Å². The average molecular weight is 223 g/mol. The summed E-state index contributed by atoms with van der Waals surface area (Å²) in [5.41, 5.74) is 1.55. The highest BCUT2D eigenvalue weighted by Gasteiger charge is 2.02. The number of benzene rings is 1. The van der Waals surface area contributed by atoms with Crippen molar-refractivity contribution in [3.8, 4) is 0 Å². The zero-order chi connectivity index (χ0) is 12.0. The maximum Gasteiger partial charge on any atom is 0.220 e. The number of amides is 1. The van der Waals surface area contributed by atoms with Crippen molar-refractivity contribution < 1.29 is 9.18 Å². The Morgan fingerprint density at radius 2 is 2.19 bits per heavy atom. The molecule has 0 fully saturated rings. The monoisotopic (exact) mass is 223 g/mol. The van der Waals surface area contributed by atoms with Crippen LogP contribution in [0.5, 0.6) is 0 Å². The minimum Gasteiger partial charge on any atom is -0.352 e. The second-order valence-electron chi connectivity index (χ2n) is 3.96. The third-order valence-electron chi connectivity index (χ3n) is 2.47. The molecule has 0 aliphatic heterocycles. The minimum atomic E-state index is -0.207. The standard InChI is InChI=1S/C13H18FNO/c1-3-4-5-13(16)15-9-11-6-7-12(14)10(2)8-11/h6-8H,3-5,9H2,1-2H3,(H,15,16). The summed E-state index contributed by atoms with van der Waals surface area (Å²) >= 11 is 0. The zero-order valence-electron chi connectivity index (χ0n) is 9.85. The van der Waals surface area contributed by atoms with Crippen molar-refractivity contribution in [1.29, 1.82) is 0 Å². The number of carbonyl (C=O) groups is 1. The first-order valence-corrected chi connectivity index (χ1v) is 5.65. The van der Waals surface area contributed by atoms with Crippen LogP contribution in [-0.2, 0) is 11.3 Å². The summed E-state index contributed by atoms with van der Waals surface area (Å²) in [4.78, 5) is 11.3. The molecule has 0 spiro atoms. The van der Waals surface area contributed by atoms with Crippen molar-refractivity contribution in [3.05, 3.63) is 35.1 Å². The van der Waals surface area contributed by atoms with Gasteiger partial charge in [0.05, 0.1) is 0 Å². The van der Waals surface area contributed by atoms with Crippen molar-refractivity contribution in [3.63, 3.8) is 0 Å². The Labute approximate surface area is 95.9 Å². The molecule has 1 amide bonds. The van der Waals surface area contributed by atoms with E-state index in [0.717, 1.165) is 18.4 Å². The number of halogens is 1. The molecular formula is C13H18FNO. The van der Waals surface area contributed by atoms with Crippen molar-refractivity contribution in [1.82, 2.24) is 5.32 Å². The lowest BCUT2D eigenvalue weighted by atomic mass is 10.1. The molecule has 0 aliphatic carbocycles. The molecule has 2 nitrogen and oxygen atoms in total. The highest BCUT2D eigenvalue weighted by atomic mass is 19.1. The van der Waals surface area contributed by atoms with Crippen molar-refractivity contribution in [2.75, 3.05) is 0 Å². The molecule has 0 unspecified atom stereocenters. The molecule has 3 heteroatoms. The van der Waals surface area contributed by atoms with E-state index in [2.05, 4.69) is 12.2 Å². The van der Waals surface area contributed by atoms with Gasteiger partial charge in [0.25, 0.3) is 0 Å². The van der Waals surface area contributed by atoms with Crippen LogP contribution >= 0.6 is 0 Å². The summed E-state index contributed by atoms with van der Waals surface area (Å²) in [5, 5.41) is 2.82. The number of nitrogens with one attached hydrogen (secondary N) is 1. The molecule has 1 aromatic rings. The fourth-order valence-corrected chi connectivity index (χ4v) is 1.44. The van der Waals surface area contributed by atoms with Gasteiger partial charge in [-0.15, -0.1) is 0 Å². The first-order valence-electron chi connectivity index (χ1n) is 5.65. The van der Waals surface area contributed by atoms with Crippen molar-refractivity contribution in [2.24, 2.45) is 0 Å². The quantitative estimate of drug-likeness (QED) is 0.817. The van der Waals surface area contributed by atoms with Crippen LogP contribution in [0.15, 0.2) is 18.2 Å². The Kier molecular flexibility index (Phi) is 4.96. The molecule has 0 radical (unpaired) electrons. The Balaban J connectivity index is 2.42. The number of hydrogen-bond acceptors (Lipinski definition) is 1. The van der Waals surface area contributed by atoms with E-state index in [1.807, 2.05) is 0 Å². The molecule has 88 valence electrons. The largest absolute Gasteiger partial charge is 0.352 e. The predicted molar refractivity (Wildman–Crippen MR) is 62.5 cm³/mol. The molecule has 0 aromatic heterocycles. The SMILES string of the molecule is CCCCC(=O)NCc1ccc(F)c(C)c1. The summed E-state index contributed by atoms with van der Waals surface area (Å²) in [6.45, 7) is 4.25. The van der Waals surface area contributed by atoms with Gasteiger partial charge < -0.3 is 5.32 Å². The van der Waals surface area contributed by atoms with E-state index in [4.69, 9.17) is 0 Å². The van der Waals surface area contributed by atoms with Crippen LogP contribution in [-0.4, -0.2) is 5.91 Å². The van der Waals surface area contributed by atoms with Gasteiger partial charge in [0.15, 0.2) is 0 Å². The van der Waals surface area contributed by atoms with Gasteiger partial charge in [-0.1, -0.05) is 25.5 Å². The van der Waals surface area contributed by atoms with Gasteiger partial charge in [0, 0.05) is 13.0 Å². The van der Waals surface area contributed by atoms with E-state index in [9.17, 15) is 9.18 Å². The fraction of sp³-hybridized carbons (Fsp3) is 0.462. The molecule has 0 atom stereocenters. The number of unbranched alkanes of at least 4 members (excludes halogenated alkanes) is 1. The van der Waals surface area contributed by atoms with E-state index >= 15 is 0 Å². The molecule has 0 aliphatic rings. The predicted octanol–water partition coefficient (Wildman–Crippen LogP) is 2.94. The fourth-order valence-electron chi connectivity index (χ4n) is 1.44. The van der Waals surface area contributed by atoms with E-state index in [1.165, 1.54) is 6.07 Å². The average Bonchev–Trinajstić information content (AvgIpc) is 2.28. The van der Waals surface area contributed by atoms with Gasteiger partial charge in [0.2, 0.25) is 5.91 Å². The summed E-state index contributed by atoms with van der Waals surface area (Å²) in [7, 11) is 0. The van der Waals surface area contributed by atoms with E-state index in [-0.39, 0.29) is 11.7 Å². The topological polar surface area (TPSA) is 29.1 Å². The van der Waals surface area contributed by atoms with Gasteiger partial charge >= 0.3 is 0 Å². The van der Waals surface area contributed by atoms with Gasteiger partial charge in [-0.2, -0.15) is 0 Å². The van der Waals surface area contributed by atoms with Crippen LogP contribution in [0.2, 0.25) is 0 Å². The number of rotatable bonds is 5. The van der Waals surface area contributed by atoms with E-state index < -0.39 is 0 Å². The van der Waals surface area contributed by atoms with Gasteiger partial charge in [-0.25, -0.2) is 4.39 Å². The lowest BCUT2D eigenvalue weighted by molar-refractivity contribution is -0.121. The molecule has 1 rings (SSSR count). The summed E-state index contributed by atoms with van der Waals surface area (Å²) in [5.74, 6) is -0.148. The maximum absolute atomic E-state index is 13.0. The number of hydrogen-bond donors (Lipinski definition) is 1. The van der Waals surface area contributed by atoms with Crippen molar-refractivity contribution in [2.45, 2.75) is 39.7 Å². The molecule has 0 saturated carbocycles. The molecular weight excluding hydrogens is 205 g/mol. The number of aryl methyl sites for hydroxylation is 1. The van der Waals surface area contributed by atoms with Gasteiger partial charge in [-0.3, -0.25) is 4.79 Å². The van der Waals surface area contributed by atoms with Crippen LogP contribution in [0.1, 0.15) is 37.3 Å². The first-order chi connectivity index (χ1) is 7.63. The molecule has 1 N–H and O–H groups in total. The highest BCUT2D eigenvalue weighted by Crippen LogP contribution is 2.09. The van der Waals surface area contributed by atoms with Gasteiger partial charge in [0.1, 0.15) is 5.82 Å². The van der Waals surface area contributed by atoms with E-state index in [0.29, 0.717) is 18.5 Å². The highest BCUT2D eigenvalue weighted by molar-refractivity contribution is 5.75. The van der Waals surface area contributed by atoms with Crippen molar-refractivity contribution >= 4 is 5.91 Å². The lowest BCUT2D eigenvalue weighted by Crippen LogP contribution is -2.22. The van der Waals surface area contributed by atoms with Crippen LogP contribution in [0.3, 0.4) is 0 Å². The molecule has 0 heterocycles. The Morgan fingerprint density at radius 3 is 2.81 bits per heavy atom. The Bertz CT molecular complexity index is 363. The van der Waals surface area contributed by atoms with Gasteiger partial charge in [-0.05, 0) is 30.5 Å². The summed E-state index contributed by atoms with van der Waals surface area (Å²) < 4.78 is 13.0. The minimum absolute atomic E-state index is 0.0591. The van der Waals surface area contributed by atoms with Crippen LogP contribution in [0, 0.1) is 12.7 Å². The third kappa shape index (κ3) is 4.01. The summed E-state index contributed by atoms with van der Waals surface area (Å²) in [6, 6.07) is 4.89. The number of carbonyl (C=O) groups excluding carboxylic acids is 1. The smallest absolute Gasteiger partial charge is 0.220 e. The Morgan fingerprint density at radius 1 is 1.44 bits per heavy atom. The molecule has 16 heavy (non-hydrogen) atoms. The lowest BCUT2D eigenvalue weighted by Gasteiger charge is -2.06. The Hall–Kier alpha value is -1.38. The molecule has 0 saturated heterocycles. The molecule has 1 aromatic carbocycles. The maximum atomic E-state index is 13.0. The zero-order valence-corrected chi connectivity index (χ0v) is 9.85. The van der Waals surface area contributed by atoms with Crippen LogP contribution in [0.4, 0.5) is 4.39 Å². The van der Waals surface area contributed by atoms with Crippen LogP contribution in [0.25, 0.3) is 0 Å². The first kappa shape index (κ1) is 12.7.